The second-order valence-corrected chi connectivity index (χ2v) is 9.84. The molecule has 4 aliphatic rings. The Morgan fingerprint density at radius 3 is 2.59 bits per heavy atom. The number of carboxylic acids is 1. The van der Waals surface area contributed by atoms with Gasteiger partial charge in [0.15, 0.2) is 0 Å². The van der Waals surface area contributed by atoms with E-state index in [2.05, 4.69) is 26.8 Å². The zero-order valence-corrected chi connectivity index (χ0v) is 19.4. The number of carbonyl (C=O) groups is 2. The summed E-state index contributed by atoms with van der Waals surface area (Å²) in [6.45, 7) is 7.93. The van der Waals surface area contributed by atoms with Crippen LogP contribution in [0.4, 0.5) is 4.79 Å². The van der Waals surface area contributed by atoms with Crippen LogP contribution in [0, 0.1) is 5.92 Å². The lowest BCUT2D eigenvalue weighted by Gasteiger charge is -2.44. The van der Waals surface area contributed by atoms with Gasteiger partial charge >= 0.3 is 12.1 Å². The average molecular weight is 454 g/mol. The summed E-state index contributed by atoms with van der Waals surface area (Å²) in [4.78, 5) is 24.9. The average Bonchev–Trinajstić information content (AvgIpc) is 3.60. The Hall–Kier alpha value is -1.68. The fraction of sp³-hybridized carbons (Fsp3) is 0.826. The highest BCUT2D eigenvalue weighted by atomic mass is 16.6. The van der Waals surface area contributed by atoms with Crippen molar-refractivity contribution in [1.82, 2.24) is 4.90 Å². The zero-order valence-electron chi connectivity index (χ0n) is 19.4. The number of ether oxygens (including phenoxy) is 5. The Morgan fingerprint density at radius 2 is 2.00 bits per heavy atom. The normalized spacial score (nSPS) is 38.2. The highest BCUT2D eigenvalue weighted by Gasteiger charge is 2.72. The molecule has 1 saturated carbocycles. The molecule has 4 fully saturated rings. The molecule has 1 N–H and O–H groups in total. The third-order valence-electron chi connectivity index (χ3n) is 7.26. The fourth-order valence-corrected chi connectivity index (χ4v) is 5.28. The molecular formula is C23H35NO8. The fourth-order valence-electron chi connectivity index (χ4n) is 5.28. The largest absolute Gasteiger partial charge is 0.481 e. The van der Waals surface area contributed by atoms with E-state index in [1.54, 1.807) is 12.0 Å². The summed E-state index contributed by atoms with van der Waals surface area (Å²) in [7, 11) is 1.66. The lowest BCUT2D eigenvalue weighted by Crippen LogP contribution is -2.59. The number of allylic oxidation sites excluding steroid dienone is 1. The van der Waals surface area contributed by atoms with E-state index in [-0.39, 0.29) is 60.7 Å². The van der Waals surface area contributed by atoms with Crippen molar-refractivity contribution in [3.8, 4) is 0 Å². The number of methoxy groups -OCH3 is 1. The molecule has 9 nitrogen and oxygen atoms in total. The first-order valence-corrected chi connectivity index (χ1v) is 11.5. The lowest BCUT2D eigenvalue weighted by atomic mass is 9.68. The van der Waals surface area contributed by atoms with Crippen LogP contribution in [-0.2, 0) is 28.5 Å². The Morgan fingerprint density at radius 1 is 1.28 bits per heavy atom. The van der Waals surface area contributed by atoms with Gasteiger partial charge in [-0.2, -0.15) is 0 Å². The zero-order chi connectivity index (χ0) is 23.1. The number of likely N-dealkylation sites (tertiary alicyclic amines) is 1. The molecule has 3 aliphatic heterocycles. The van der Waals surface area contributed by atoms with Crippen molar-refractivity contribution in [3.05, 3.63) is 11.6 Å². The maximum atomic E-state index is 12.7. The van der Waals surface area contributed by atoms with Gasteiger partial charge in [0.05, 0.1) is 50.8 Å². The minimum absolute atomic E-state index is 0.00870. The molecule has 0 aromatic heterocycles. The summed E-state index contributed by atoms with van der Waals surface area (Å²) in [6.07, 6.45) is 3.40. The minimum atomic E-state index is -0.896. The quantitative estimate of drug-likeness (QED) is 0.419. The Balaban J connectivity index is 1.34. The SMILES string of the molecule is CO[C@@H]1[C@H](OC(=O)N2CC(OCCC(=O)O)C2)CC[C@]2(CO2)[C@H]1[C@@]1(C)OC1CC=C(C)C. The van der Waals surface area contributed by atoms with Crippen LogP contribution < -0.4 is 0 Å². The molecular weight excluding hydrogens is 418 g/mol. The molecule has 6 atom stereocenters. The Kier molecular flexibility index (Phi) is 6.55. The van der Waals surface area contributed by atoms with Crippen LogP contribution in [0.25, 0.3) is 0 Å². The van der Waals surface area contributed by atoms with E-state index in [9.17, 15) is 9.59 Å². The highest BCUT2D eigenvalue weighted by molar-refractivity contribution is 5.69. The highest BCUT2D eigenvalue weighted by Crippen LogP contribution is 2.59. The van der Waals surface area contributed by atoms with Gasteiger partial charge in [-0.25, -0.2) is 4.79 Å². The van der Waals surface area contributed by atoms with Crippen LogP contribution in [-0.4, -0.2) is 91.1 Å². The molecule has 3 saturated heterocycles. The molecule has 1 unspecified atom stereocenters. The van der Waals surface area contributed by atoms with Crippen LogP contribution in [0.15, 0.2) is 11.6 Å². The van der Waals surface area contributed by atoms with Gasteiger partial charge in [0.25, 0.3) is 0 Å². The van der Waals surface area contributed by atoms with Gasteiger partial charge in [0.2, 0.25) is 0 Å². The van der Waals surface area contributed by atoms with Crippen LogP contribution in [0.1, 0.15) is 46.5 Å². The van der Waals surface area contributed by atoms with E-state index >= 15 is 0 Å². The van der Waals surface area contributed by atoms with Gasteiger partial charge in [-0.05, 0) is 40.0 Å². The van der Waals surface area contributed by atoms with Crippen LogP contribution in [0.2, 0.25) is 0 Å². The Bertz CT molecular complexity index is 755. The maximum absolute atomic E-state index is 12.7. The summed E-state index contributed by atoms with van der Waals surface area (Å²) >= 11 is 0. The van der Waals surface area contributed by atoms with E-state index in [1.165, 1.54) is 5.57 Å². The van der Waals surface area contributed by atoms with Crippen molar-refractivity contribution in [1.29, 1.82) is 0 Å². The van der Waals surface area contributed by atoms with Crippen molar-refractivity contribution in [2.75, 3.05) is 33.4 Å². The molecule has 32 heavy (non-hydrogen) atoms. The van der Waals surface area contributed by atoms with Gasteiger partial charge in [0, 0.05) is 7.11 Å². The molecule has 9 heteroatoms. The number of rotatable bonds is 9. The van der Waals surface area contributed by atoms with Crippen molar-refractivity contribution < 1.29 is 38.4 Å². The van der Waals surface area contributed by atoms with Gasteiger partial charge in [-0.15, -0.1) is 0 Å². The second-order valence-electron chi connectivity index (χ2n) is 9.84. The van der Waals surface area contributed by atoms with Crippen LogP contribution >= 0.6 is 0 Å². The van der Waals surface area contributed by atoms with E-state index < -0.39 is 5.97 Å². The van der Waals surface area contributed by atoms with Crippen LogP contribution in [0.5, 0.6) is 0 Å². The molecule has 1 aliphatic carbocycles. The molecule has 1 spiro atoms. The van der Waals surface area contributed by atoms with Crippen molar-refractivity contribution >= 4 is 12.1 Å². The Labute approximate surface area is 188 Å². The first kappa shape index (κ1) is 23.5. The van der Waals surface area contributed by atoms with Gasteiger partial charge in [-0.3, -0.25) is 4.79 Å². The van der Waals surface area contributed by atoms with Gasteiger partial charge < -0.3 is 33.7 Å². The summed E-state index contributed by atoms with van der Waals surface area (Å²) in [5.74, 6) is -0.905. The third kappa shape index (κ3) is 4.66. The summed E-state index contributed by atoms with van der Waals surface area (Å²) in [5, 5.41) is 8.69. The monoisotopic (exact) mass is 453 g/mol. The predicted molar refractivity (Wildman–Crippen MR) is 113 cm³/mol. The van der Waals surface area contributed by atoms with Gasteiger partial charge in [-0.1, -0.05) is 11.6 Å². The third-order valence-corrected chi connectivity index (χ3v) is 7.26. The molecule has 0 aromatic rings. The number of epoxide rings is 2. The topological polar surface area (TPSA) is 110 Å². The van der Waals surface area contributed by atoms with E-state index in [4.69, 9.17) is 28.8 Å². The number of carboxylic acid groups (broad SMARTS) is 1. The van der Waals surface area contributed by atoms with Crippen molar-refractivity contribution in [2.45, 2.75) is 82.1 Å². The number of carbonyl (C=O) groups excluding carboxylic acids is 1. The number of amides is 1. The first-order valence-electron chi connectivity index (χ1n) is 11.5. The number of nitrogens with zero attached hydrogens (tertiary/aromatic N) is 1. The molecule has 1 amide bonds. The molecule has 3 heterocycles. The molecule has 4 rings (SSSR count). The molecule has 0 radical (unpaired) electrons. The predicted octanol–water partition coefficient (Wildman–Crippen LogP) is 2.37. The first-order chi connectivity index (χ1) is 15.2. The van der Waals surface area contributed by atoms with E-state index in [0.29, 0.717) is 26.1 Å². The van der Waals surface area contributed by atoms with Crippen LogP contribution in [0.3, 0.4) is 0 Å². The van der Waals surface area contributed by atoms with Crippen molar-refractivity contribution in [2.24, 2.45) is 5.92 Å². The molecule has 0 bridgehead atoms. The standard InChI is InChI=1S/C23H35NO8/c1-14(2)5-6-17-22(3,32-17)20-19(28-4)16(7-9-23(20)13-30-23)31-21(27)24-11-15(12-24)29-10-8-18(25)26/h5,15-17,19-20H,6-13H2,1-4H3,(H,25,26)/t16-,17?,19-,20-,22+,23+/m1/s1. The number of hydrogen-bond donors (Lipinski definition) is 1. The molecule has 180 valence electrons. The van der Waals surface area contributed by atoms with E-state index in [1.807, 2.05) is 0 Å². The molecule has 0 aromatic carbocycles. The second kappa shape index (κ2) is 8.93. The minimum Gasteiger partial charge on any atom is -0.481 e. The summed E-state index contributed by atoms with van der Waals surface area (Å²) in [6, 6.07) is 0. The number of aliphatic carboxylic acids is 1. The smallest absolute Gasteiger partial charge is 0.410 e. The van der Waals surface area contributed by atoms with Gasteiger partial charge in [0.1, 0.15) is 23.4 Å². The summed E-state index contributed by atoms with van der Waals surface area (Å²) in [5.41, 5.74) is 0.644. The lowest BCUT2D eigenvalue weighted by molar-refractivity contribution is -0.140. The summed E-state index contributed by atoms with van der Waals surface area (Å²) < 4.78 is 29.4. The van der Waals surface area contributed by atoms with E-state index in [0.717, 1.165) is 12.8 Å². The van der Waals surface area contributed by atoms with Crippen molar-refractivity contribution in [3.63, 3.8) is 0 Å². The number of hydrogen-bond acceptors (Lipinski definition) is 7. The maximum Gasteiger partial charge on any atom is 0.410 e.